The van der Waals surface area contributed by atoms with Crippen LogP contribution in [0.25, 0.3) is 10.9 Å². The van der Waals surface area contributed by atoms with Gasteiger partial charge < -0.3 is 15.2 Å². The summed E-state index contributed by atoms with van der Waals surface area (Å²) < 4.78 is 13.5. The van der Waals surface area contributed by atoms with E-state index >= 15 is 0 Å². The first-order valence-corrected chi connectivity index (χ1v) is 12.6. The number of fused-ring (bicyclic) bond motifs is 1. The Labute approximate surface area is 205 Å². The van der Waals surface area contributed by atoms with Gasteiger partial charge in [-0.05, 0) is 73.9 Å². The number of halogens is 1. The minimum atomic E-state index is -0.509. The third-order valence-electron chi connectivity index (χ3n) is 7.57. The van der Waals surface area contributed by atoms with Crippen molar-refractivity contribution >= 4 is 22.7 Å². The highest BCUT2D eigenvalue weighted by molar-refractivity contribution is 6.35. The van der Waals surface area contributed by atoms with Crippen molar-refractivity contribution in [3.8, 4) is 0 Å². The number of carbonyl (C=O) groups is 2. The van der Waals surface area contributed by atoms with Gasteiger partial charge in [-0.1, -0.05) is 30.3 Å². The topological polar surface area (TPSA) is 68.4 Å². The predicted molar refractivity (Wildman–Crippen MR) is 134 cm³/mol. The van der Waals surface area contributed by atoms with Gasteiger partial charge in [-0.3, -0.25) is 14.5 Å². The SMILES string of the molecule is CN(Cc1ccccc1)C(CNC(=O)C(=O)N1CCC(c2c[nH]c3cc(F)ccc23)CC1)C1CC1. The lowest BCUT2D eigenvalue weighted by molar-refractivity contribution is -0.146. The molecule has 1 aliphatic carbocycles. The van der Waals surface area contributed by atoms with Gasteiger partial charge in [0.05, 0.1) is 0 Å². The number of carbonyl (C=O) groups excluding carboxylic acids is 2. The molecule has 0 radical (unpaired) electrons. The van der Waals surface area contributed by atoms with E-state index < -0.39 is 11.8 Å². The summed E-state index contributed by atoms with van der Waals surface area (Å²) in [5.41, 5.74) is 3.19. The highest BCUT2D eigenvalue weighted by Crippen LogP contribution is 2.35. The fraction of sp³-hybridized carbons (Fsp3) is 0.429. The number of amides is 2. The van der Waals surface area contributed by atoms with Crippen LogP contribution in [0.3, 0.4) is 0 Å². The summed E-state index contributed by atoms with van der Waals surface area (Å²) in [6, 6.07) is 15.3. The summed E-state index contributed by atoms with van der Waals surface area (Å²) in [6.45, 7) is 2.40. The van der Waals surface area contributed by atoms with Crippen LogP contribution in [0.2, 0.25) is 0 Å². The Morgan fingerprint density at radius 2 is 1.86 bits per heavy atom. The maximum atomic E-state index is 13.5. The smallest absolute Gasteiger partial charge is 0.311 e. The summed E-state index contributed by atoms with van der Waals surface area (Å²) in [5, 5.41) is 3.95. The number of likely N-dealkylation sites (N-methyl/N-ethyl adjacent to an activating group) is 1. The number of aromatic nitrogens is 1. The average Bonchev–Trinajstić information content (AvgIpc) is 3.62. The Morgan fingerprint density at radius 1 is 1.11 bits per heavy atom. The molecule has 184 valence electrons. The molecule has 6 nitrogen and oxygen atoms in total. The molecule has 2 N–H and O–H groups in total. The third kappa shape index (κ3) is 5.40. The molecule has 1 saturated carbocycles. The second-order valence-corrected chi connectivity index (χ2v) is 10.0. The van der Waals surface area contributed by atoms with Crippen LogP contribution in [0.5, 0.6) is 0 Å². The lowest BCUT2D eigenvalue weighted by atomic mass is 9.89. The van der Waals surface area contributed by atoms with Crippen LogP contribution < -0.4 is 5.32 Å². The molecule has 7 heteroatoms. The highest BCUT2D eigenvalue weighted by atomic mass is 19.1. The van der Waals surface area contributed by atoms with Crippen LogP contribution in [-0.2, 0) is 16.1 Å². The van der Waals surface area contributed by atoms with Gasteiger partial charge in [0.1, 0.15) is 5.82 Å². The Balaban J connectivity index is 1.13. The third-order valence-corrected chi connectivity index (χ3v) is 7.57. The van der Waals surface area contributed by atoms with Gasteiger partial charge in [0, 0.05) is 49.3 Å². The van der Waals surface area contributed by atoms with Crippen LogP contribution in [0.15, 0.2) is 54.7 Å². The fourth-order valence-electron chi connectivity index (χ4n) is 5.42. The van der Waals surface area contributed by atoms with E-state index in [0.29, 0.717) is 25.6 Å². The molecule has 0 spiro atoms. The van der Waals surface area contributed by atoms with Gasteiger partial charge in [-0.25, -0.2) is 4.39 Å². The van der Waals surface area contributed by atoms with Crippen LogP contribution >= 0.6 is 0 Å². The van der Waals surface area contributed by atoms with E-state index in [-0.39, 0.29) is 17.8 Å². The number of piperidine rings is 1. The second kappa shape index (κ2) is 10.2. The maximum Gasteiger partial charge on any atom is 0.311 e. The molecular weight excluding hydrogens is 443 g/mol. The first-order valence-electron chi connectivity index (χ1n) is 12.6. The normalized spacial score (nSPS) is 17.6. The van der Waals surface area contributed by atoms with Crippen LogP contribution in [0.4, 0.5) is 4.39 Å². The van der Waals surface area contributed by atoms with Crippen molar-refractivity contribution in [2.24, 2.45) is 5.92 Å². The minimum Gasteiger partial charge on any atom is -0.361 e. The number of nitrogens with zero attached hydrogens (tertiary/aromatic N) is 2. The van der Waals surface area contributed by atoms with Crippen LogP contribution in [0, 0.1) is 11.7 Å². The van der Waals surface area contributed by atoms with E-state index in [1.807, 2.05) is 30.5 Å². The van der Waals surface area contributed by atoms with E-state index in [1.165, 1.54) is 30.5 Å². The Kier molecular flexibility index (Phi) is 6.86. The zero-order valence-corrected chi connectivity index (χ0v) is 20.2. The van der Waals surface area contributed by atoms with Crippen LogP contribution in [-0.4, -0.2) is 59.3 Å². The molecule has 35 heavy (non-hydrogen) atoms. The molecule has 2 aromatic carbocycles. The number of hydrogen-bond acceptors (Lipinski definition) is 3. The van der Waals surface area contributed by atoms with Crippen molar-refractivity contribution < 1.29 is 14.0 Å². The number of hydrogen-bond donors (Lipinski definition) is 2. The quantitative estimate of drug-likeness (QED) is 0.506. The van der Waals surface area contributed by atoms with Gasteiger partial charge in [0.25, 0.3) is 0 Å². The van der Waals surface area contributed by atoms with Crippen molar-refractivity contribution in [1.82, 2.24) is 20.1 Å². The number of H-pyrrole nitrogens is 1. The molecule has 1 aromatic heterocycles. The molecule has 1 atom stereocenters. The summed E-state index contributed by atoms with van der Waals surface area (Å²) in [6.07, 6.45) is 5.86. The fourth-order valence-corrected chi connectivity index (χ4v) is 5.42. The Morgan fingerprint density at radius 3 is 2.57 bits per heavy atom. The molecule has 2 amide bonds. The van der Waals surface area contributed by atoms with E-state index in [9.17, 15) is 14.0 Å². The van der Waals surface area contributed by atoms with Gasteiger partial charge in [-0.15, -0.1) is 0 Å². The van der Waals surface area contributed by atoms with E-state index in [0.717, 1.165) is 35.9 Å². The second-order valence-electron chi connectivity index (χ2n) is 10.0. The number of nitrogens with one attached hydrogen (secondary N) is 2. The molecule has 3 aromatic rings. The molecule has 5 rings (SSSR count). The highest BCUT2D eigenvalue weighted by Gasteiger charge is 2.35. The number of likely N-dealkylation sites (tertiary alicyclic amines) is 1. The Bertz CT molecular complexity index is 1180. The van der Waals surface area contributed by atoms with E-state index in [4.69, 9.17) is 0 Å². The lowest BCUT2D eigenvalue weighted by Gasteiger charge is -2.32. The van der Waals surface area contributed by atoms with Crippen molar-refractivity contribution in [2.75, 3.05) is 26.7 Å². The predicted octanol–water partition coefficient (Wildman–Crippen LogP) is 4.04. The number of benzene rings is 2. The van der Waals surface area contributed by atoms with Crippen molar-refractivity contribution in [2.45, 2.75) is 44.2 Å². The monoisotopic (exact) mass is 476 g/mol. The molecule has 2 heterocycles. The zero-order valence-electron chi connectivity index (χ0n) is 20.2. The summed E-state index contributed by atoms with van der Waals surface area (Å²) in [4.78, 5) is 32.7. The molecule has 1 saturated heterocycles. The standard InChI is InChI=1S/C28H33FN4O2/c1-32(18-19-5-3-2-4-6-19)26(21-7-8-21)17-31-27(34)28(35)33-13-11-20(12-14-33)24-16-30-25-15-22(29)9-10-23(24)25/h2-6,9-10,15-16,20-21,26,30H,7-8,11-14,17-18H2,1H3,(H,31,34). The Hall–Kier alpha value is -3.19. The first-order chi connectivity index (χ1) is 17.0. The van der Waals surface area contributed by atoms with Crippen molar-refractivity contribution in [3.05, 3.63) is 71.7 Å². The first kappa shape index (κ1) is 23.5. The van der Waals surface area contributed by atoms with E-state index in [2.05, 4.69) is 34.4 Å². The molecule has 2 aliphatic rings. The molecule has 1 unspecified atom stereocenters. The van der Waals surface area contributed by atoms with Gasteiger partial charge in [0.2, 0.25) is 0 Å². The van der Waals surface area contributed by atoms with Gasteiger partial charge >= 0.3 is 11.8 Å². The van der Waals surface area contributed by atoms with Gasteiger partial charge in [0.15, 0.2) is 0 Å². The lowest BCUT2D eigenvalue weighted by Crippen LogP contribution is -2.49. The molecule has 2 fully saturated rings. The summed E-state index contributed by atoms with van der Waals surface area (Å²) >= 11 is 0. The molecular formula is C28H33FN4O2. The van der Waals surface area contributed by atoms with Gasteiger partial charge in [-0.2, -0.15) is 0 Å². The average molecular weight is 477 g/mol. The zero-order chi connectivity index (χ0) is 24.4. The minimum absolute atomic E-state index is 0.226. The summed E-state index contributed by atoms with van der Waals surface area (Å²) in [7, 11) is 2.09. The van der Waals surface area contributed by atoms with Crippen molar-refractivity contribution in [3.63, 3.8) is 0 Å². The number of aromatic amines is 1. The number of rotatable bonds is 7. The molecule has 0 bridgehead atoms. The largest absolute Gasteiger partial charge is 0.361 e. The maximum absolute atomic E-state index is 13.5. The van der Waals surface area contributed by atoms with Crippen LogP contribution in [0.1, 0.15) is 42.7 Å². The van der Waals surface area contributed by atoms with Crippen molar-refractivity contribution in [1.29, 1.82) is 0 Å². The summed E-state index contributed by atoms with van der Waals surface area (Å²) in [5.74, 6) is -0.353. The molecule has 1 aliphatic heterocycles. The van der Waals surface area contributed by atoms with E-state index in [1.54, 1.807) is 4.90 Å².